The van der Waals surface area contributed by atoms with E-state index in [4.69, 9.17) is 26.8 Å². The van der Waals surface area contributed by atoms with Gasteiger partial charge in [-0.3, -0.25) is 4.57 Å². The fourth-order valence-corrected chi connectivity index (χ4v) is 2.98. The van der Waals surface area contributed by atoms with Gasteiger partial charge < -0.3 is 25.4 Å². The number of ether oxygens (including phenoxy) is 2. The Kier molecular flexibility index (Phi) is 4.05. The number of hydrogen-bond acceptors (Lipinski definition) is 8. The summed E-state index contributed by atoms with van der Waals surface area (Å²) in [6.45, 7) is 3.49. The van der Waals surface area contributed by atoms with Crippen molar-refractivity contribution in [2.75, 3.05) is 18.9 Å². The second-order valence-electron chi connectivity index (χ2n) is 5.45. The predicted octanol–water partition coefficient (Wildman–Crippen LogP) is 0.0553. The van der Waals surface area contributed by atoms with Crippen molar-refractivity contribution in [3.63, 3.8) is 0 Å². The van der Waals surface area contributed by atoms with Crippen LogP contribution in [-0.2, 0) is 4.74 Å². The first-order valence-electron chi connectivity index (χ1n) is 7.16. The molecule has 126 valence electrons. The van der Waals surface area contributed by atoms with Gasteiger partial charge in [-0.2, -0.15) is 9.97 Å². The number of nitrogen functional groups attached to an aromatic ring is 1. The highest BCUT2D eigenvalue weighted by Crippen LogP contribution is 2.44. The van der Waals surface area contributed by atoms with Crippen LogP contribution in [0.5, 0.6) is 5.88 Å². The number of imidazole rings is 1. The maximum atomic E-state index is 10.2. The SMILES string of the molecule is CCOc1nc(N)nc2c1ncn2C1OC(CO)C(O)C1(C)Cl. The Labute approximate surface area is 137 Å². The number of anilines is 1. The van der Waals surface area contributed by atoms with Gasteiger partial charge in [-0.15, -0.1) is 11.6 Å². The first kappa shape index (κ1) is 16.2. The van der Waals surface area contributed by atoms with Gasteiger partial charge in [0.2, 0.25) is 11.8 Å². The van der Waals surface area contributed by atoms with Gasteiger partial charge in [0.05, 0.1) is 19.5 Å². The van der Waals surface area contributed by atoms with Crippen LogP contribution in [-0.4, -0.2) is 60.0 Å². The molecule has 4 unspecified atom stereocenters. The normalized spacial score (nSPS) is 30.9. The quantitative estimate of drug-likeness (QED) is 0.664. The largest absolute Gasteiger partial charge is 0.476 e. The molecule has 0 amide bonds. The van der Waals surface area contributed by atoms with E-state index in [1.165, 1.54) is 6.33 Å². The zero-order valence-electron chi connectivity index (χ0n) is 12.7. The number of hydrogen-bond donors (Lipinski definition) is 3. The van der Waals surface area contributed by atoms with Crippen LogP contribution in [0, 0.1) is 0 Å². The number of fused-ring (bicyclic) bond motifs is 1. The molecule has 0 aromatic carbocycles. The van der Waals surface area contributed by atoms with E-state index < -0.39 is 23.3 Å². The molecule has 2 aromatic rings. The second-order valence-corrected chi connectivity index (χ2v) is 6.26. The minimum absolute atomic E-state index is 0.0243. The average Bonchev–Trinajstić information content (AvgIpc) is 3.00. The Morgan fingerprint density at radius 2 is 2.26 bits per heavy atom. The third-order valence-corrected chi connectivity index (χ3v) is 4.25. The summed E-state index contributed by atoms with van der Waals surface area (Å²) in [7, 11) is 0. The number of nitrogens with zero attached hydrogens (tertiary/aromatic N) is 4. The Balaban J connectivity index is 2.10. The number of aromatic nitrogens is 4. The topological polar surface area (TPSA) is 129 Å². The van der Waals surface area contributed by atoms with Crippen LogP contribution in [0.4, 0.5) is 5.95 Å². The predicted molar refractivity (Wildman–Crippen MR) is 82.2 cm³/mol. The highest BCUT2D eigenvalue weighted by atomic mass is 35.5. The van der Waals surface area contributed by atoms with Crippen molar-refractivity contribution >= 4 is 28.7 Å². The van der Waals surface area contributed by atoms with Crippen LogP contribution >= 0.6 is 11.6 Å². The molecule has 1 fully saturated rings. The molecule has 4 N–H and O–H groups in total. The summed E-state index contributed by atoms with van der Waals surface area (Å²) in [6, 6.07) is 0. The third kappa shape index (κ3) is 2.49. The molecule has 4 atom stereocenters. The highest BCUT2D eigenvalue weighted by molar-refractivity contribution is 6.24. The van der Waals surface area contributed by atoms with Gasteiger partial charge in [0.1, 0.15) is 17.1 Å². The summed E-state index contributed by atoms with van der Waals surface area (Å²) < 4.78 is 12.7. The summed E-state index contributed by atoms with van der Waals surface area (Å²) in [5.74, 6) is 0.290. The molecular weight excluding hydrogens is 326 g/mol. The third-order valence-electron chi connectivity index (χ3n) is 3.84. The van der Waals surface area contributed by atoms with Crippen molar-refractivity contribution in [2.24, 2.45) is 0 Å². The van der Waals surface area contributed by atoms with E-state index in [0.717, 1.165) is 0 Å². The molecule has 10 heteroatoms. The Hall–Kier alpha value is -1.68. The van der Waals surface area contributed by atoms with E-state index >= 15 is 0 Å². The molecule has 0 saturated carbocycles. The molecule has 1 aliphatic heterocycles. The van der Waals surface area contributed by atoms with E-state index in [1.54, 1.807) is 11.5 Å². The lowest BCUT2D eigenvalue weighted by Gasteiger charge is -2.26. The van der Waals surface area contributed by atoms with Crippen LogP contribution in [0.1, 0.15) is 20.1 Å². The molecular formula is C13H18ClN5O4. The van der Waals surface area contributed by atoms with Crippen LogP contribution in [0.3, 0.4) is 0 Å². The zero-order valence-corrected chi connectivity index (χ0v) is 13.4. The van der Waals surface area contributed by atoms with Crippen molar-refractivity contribution < 1.29 is 19.7 Å². The van der Waals surface area contributed by atoms with Crippen LogP contribution in [0.2, 0.25) is 0 Å². The first-order chi connectivity index (χ1) is 10.9. The molecule has 1 aliphatic rings. The van der Waals surface area contributed by atoms with Crippen molar-refractivity contribution in [3.05, 3.63) is 6.33 Å². The van der Waals surface area contributed by atoms with E-state index in [1.807, 2.05) is 6.92 Å². The van der Waals surface area contributed by atoms with E-state index in [0.29, 0.717) is 17.8 Å². The van der Waals surface area contributed by atoms with Crippen molar-refractivity contribution in [1.82, 2.24) is 19.5 Å². The van der Waals surface area contributed by atoms with Crippen molar-refractivity contribution in [1.29, 1.82) is 0 Å². The van der Waals surface area contributed by atoms with Crippen molar-refractivity contribution in [3.8, 4) is 5.88 Å². The molecule has 3 heterocycles. The molecule has 0 aliphatic carbocycles. The van der Waals surface area contributed by atoms with E-state index in [9.17, 15) is 10.2 Å². The molecule has 3 rings (SSSR count). The van der Waals surface area contributed by atoms with Gasteiger partial charge in [-0.05, 0) is 13.8 Å². The lowest BCUT2D eigenvalue weighted by atomic mass is 10.0. The molecule has 0 spiro atoms. The molecule has 1 saturated heterocycles. The number of alkyl halides is 1. The van der Waals surface area contributed by atoms with Gasteiger partial charge in [0.15, 0.2) is 17.4 Å². The smallest absolute Gasteiger partial charge is 0.247 e. The second kappa shape index (κ2) is 5.75. The van der Waals surface area contributed by atoms with Gasteiger partial charge in [-0.25, -0.2) is 4.98 Å². The Bertz CT molecular complexity index is 722. The zero-order chi connectivity index (χ0) is 16.8. The number of aliphatic hydroxyl groups is 2. The molecule has 2 aromatic heterocycles. The summed E-state index contributed by atoms with van der Waals surface area (Å²) >= 11 is 6.45. The first-order valence-corrected chi connectivity index (χ1v) is 7.54. The molecule has 23 heavy (non-hydrogen) atoms. The van der Waals surface area contributed by atoms with Gasteiger partial charge in [0.25, 0.3) is 0 Å². The maximum Gasteiger partial charge on any atom is 0.247 e. The number of rotatable bonds is 4. The van der Waals surface area contributed by atoms with E-state index in [2.05, 4.69) is 15.0 Å². The van der Waals surface area contributed by atoms with Gasteiger partial charge in [0, 0.05) is 0 Å². The molecule has 0 radical (unpaired) electrons. The summed E-state index contributed by atoms with van der Waals surface area (Å²) in [4.78, 5) is 11.3. The van der Waals surface area contributed by atoms with Gasteiger partial charge in [-0.1, -0.05) is 0 Å². The molecule has 9 nitrogen and oxygen atoms in total. The lowest BCUT2D eigenvalue weighted by Crippen LogP contribution is -2.39. The Morgan fingerprint density at radius 3 is 2.87 bits per heavy atom. The average molecular weight is 344 g/mol. The highest BCUT2D eigenvalue weighted by Gasteiger charge is 2.53. The van der Waals surface area contributed by atoms with Gasteiger partial charge >= 0.3 is 0 Å². The number of halogens is 1. The summed E-state index contributed by atoms with van der Waals surface area (Å²) in [5, 5.41) is 19.5. The van der Waals surface area contributed by atoms with E-state index in [-0.39, 0.29) is 18.4 Å². The standard InChI is InChI=1S/C13H18ClN5O4/c1-3-22-10-7-9(17-12(15)18-10)19(5-16-7)11-13(2,14)8(21)6(4-20)23-11/h5-6,8,11,20-21H,3-4H2,1-2H3,(H2,15,17,18). The lowest BCUT2D eigenvalue weighted by molar-refractivity contribution is -0.0441. The fraction of sp³-hybridized carbons (Fsp3) is 0.615. The van der Waals surface area contributed by atoms with Crippen LogP contribution < -0.4 is 10.5 Å². The fourth-order valence-electron chi connectivity index (χ4n) is 2.68. The molecule has 0 bridgehead atoms. The number of aliphatic hydroxyl groups excluding tert-OH is 2. The minimum Gasteiger partial charge on any atom is -0.476 e. The maximum absolute atomic E-state index is 10.2. The monoisotopic (exact) mass is 343 g/mol. The summed E-state index contributed by atoms with van der Waals surface area (Å²) in [6.07, 6.45) is -1.17. The van der Waals surface area contributed by atoms with Crippen LogP contribution in [0.25, 0.3) is 11.2 Å². The van der Waals surface area contributed by atoms with Crippen LogP contribution in [0.15, 0.2) is 6.33 Å². The minimum atomic E-state index is -1.17. The Morgan fingerprint density at radius 1 is 1.52 bits per heavy atom. The van der Waals surface area contributed by atoms with Crippen molar-refractivity contribution in [2.45, 2.75) is 37.2 Å². The number of nitrogens with two attached hydrogens (primary N) is 1. The summed E-state index contributed by atoms with van der Waals surface area (Å²) in [5.41, 5.74) is 6.52.